The monoisotopic (exact) mass is 311 g/mol. The number of benzene rings is 2. The van der Waals surface area contributed by atoms with Gasteiger partial charge in [-0.2, -0.15) is 0 Å². The third-order valence-electron chi connectivity index (χ3n) is 3.83. The van der Waals surface area contributed by atoms with Crippen LogP contribution in [0.5, 0.6) is 0 Å². The van der Waals surface area contributed by atoms with Crippen LogP contribution in [0.4, 0.5) is 11.4 Å². The molecule has 2 aromatic carbocycles. The largest absolute Gasteiger partial charge is 0.436 e. The minimum absolute atomic E-state index is 0.0497. The van der Waals surface area contributed by atoms with Crippen molar-refractivity contribution in [3.05, 3.63) is 52.6 Å². The van der Waals surface area contributed by atoms with Gasteiger partial charge in [0.2, 0.25) is 5.89 Å². The molecule has 6 heteroatoms. The lowest BCUT2D eigenvalue weighted by atomic mass is 10.2. The highest BCUT2D eigenvalue weighted by atomic mass is 16.6. The van der Waals surface area contributed by atoms with Crippen LogP contribution in [0.25, 0.3) is 22.6 Å². The fourth-order valence-electron chi connectivity index (χ4n) is 2.55. The van der Waals surface area contributed by atoms with Gasteiger partial charge in [-0.25, -0.2) is 4.98 Å². The molecule has 6 nitrogen and oxygen atoms in total. The zero-order valence-corrected chi connectivity index (χ0v) is 13.0. The number of hydrogen-bond acceptors (Lipinski definition) is 5. The minimum Gasteiger partial charge on any atom is -0.436 e. The first-order valence-corrected chi connectivity index (χ1v) is 7.52. The second kappa shape index (κ2) is 6.08. The maximum atomic E-state index is 10.7. The molecule has 0 amide bonds. The van der Waals surface area contributed by atoms with Gasteiger partial charge in [0.15, 0.2) is 5.58 Å². The van der Waals surface area contributed by atoms with E-state index in [2.05, 4.69) is 23.7 Å². The van der Waals surface area contributed by atoms with Gasteiger partial charge in [-0.05, 0) is 38.1 Å². The number of fused-ring (bicyclic) bond motifs is 1. The van der Waals surface area contributed by atoms with Crippen LogP contribution in [0.15, 0.2) is 46.9 Å². The molecule has 0 spiro atoms. The molecule has 0 fully saturated rings. The Labute approximate surface area is 133 Å². The zero-order chi connectivity index (χ0) is 16.4. The van der Waals surface area contributed by atoms with Gasteiger partial charge in [-0.3, -0.25) is 10.1 Å². The Bertz CT molecular complexity index is 836. The van der Waals surface area contributed by atoms with Gasteiger partial charge in [0.25, 0.3) is 5.69 Å². The van der Waals surface area contributed by atoms with Gasteiger partial charge in [-0.1, -0.05) is 0 Å². The summed E-state index contributed by atoms with van der Waals surface area (Å²) in [6, 6.07) is 12.1. The summed E-state index contributed by atoms with van der Waals surface area (Å²) in [4.78, 5) is 17.0. The number of non-ortho nitro benzene ring substituents is 1. The van der Waals surface area contributed by atoms with E-state index in [9.17, 15) is 10.1 Å². The van der Waals surface area contributed by atoms with E-state index in [0.29, 0.717) is 11.5 Å². The summed E-state index contributed by atoms with van der Waals surface area (Å²) in [6.45, 7) is 6.06. The topological polar surface area (TPSA) is 72.4 Å². The van der Waals surface area contributed by atoms with Crippen LogP contribution in [0.2, 0.25) is 0 Å². The van der Waals surface area contributed by atoms with Crippen LogP contribution >= 0.6 is 0 Å². The zero-order valence-electron chi connectivity index (χ0n) is 13.0. The molecule has 0 N–H and O–H groups in total. The molecular weight excluding hydrogens is 294 g/mol. The fraction of sp³-hybridized carbons (Fsp3) is 0.235. The van der Waals surface area contributed by atoms with Crippen molar-refractivity contribution in [2.24, 2.45) is 0 Å². The lowest BCUT2D eigenvalue weighted by Gasteiger charge is -2.20. The number of nitro benzene ring substituents is 1. The summed E-state index contributed by atoms with van der Waals surface area (Å²) >= 11 is 0. The summed E-state index contributed by atoms with van der Waals surface area (Å²) in [5.74, 6) is 0.464. The molecule has 0 radical (unpaired) electrons. The van der Waals surface area contributed by atoms with Crippen LogP contribution in [0.1, 0.15) is 13.8 Å². The van der Waals surface area contributed by atoms with E-state index >= 15 is 0 Å². The molecule has 1 heterocycles. The van der Waals surface area contributed by atoms with Crippen molar-refractivity contribution in [1.82, 2.24) is 4.98 Å². The minimum atomic E-state index is -0.424. The number of aromatic nitrogens is 1. The Morgan fingerprint density at radius 1 is 1.13 bits per heavy atom. The maximum absolute atomic E-state index is 10.7. The molecule has 1 aromatic heterocycles. The molecular formula is C17H17N3O3. The third-order valence-corrected chi connectivity index (χ3v) is 3.83. The molecule has 3 rings (SSSR count). The van der Waals surface area contributed by atoms with E-state index < -0.39 is 4.92 Å². The maximum Gasteiger partial charge on any atom is 0.269 e. The van der Waals surface area contributed by atoms with Crippen LogP contribution in [0.3, 0.4) is 0 Å². The highest BCUT2D eigenvalue weighted by molar-refractivity contribution is 5.80. The van der Waals surface area contributed by atoms with E-state index in [1.165, 1.54) is 12.1 Å². The molecule has 0 bridgehead atoms. The molecule has 0 unspecified atom stereocenters. The van der Waals surface area contributed by atoms with Gasteiger partial charge in [-0.15, -0.1) is 0 Å². The molecule has 0 aliphatic heterocycles. The van der Waals surface area contributed by atoms with Gasteiger partial charge in [0, 0.05) is 42.5 Å². The van der Waals surface area contributed by atoms with Crippen molar-refractivity contribution in [2.75, 3.05) is 18.0 Å². The lowest BCUT2D eigenvalue weighted by molar-refractivity contribution is -0.384. The number of oxazole rings is 1. The summed E-state index contributed by atoms with van der Waals surface area (Å²) in [7, 11) is 0. The van der Waals surface area contributed by atoms with E-state index in [-0.39, 0.29) is 5.69 Å². The van der Waals surface area contributed by atoms with Crippen molar-refractivity contribution < 1.29 is 9.34 Å². The SMILES string of the molecule is CCN(CC)c1ccc2nc(-c3ccc([N+](=O)[O-])cc3)oc2c1. The average Bonchev–Trinajstić information content (AvgIpc) is 2.99. The Morgan fingerprint density at radius 2 is 1.83 bits per heavy atom. The molecule has 118 valence electrons. The van der Waals surface area contributed by atoms with Crippen LogP contribution in [-0.2, 0) is 0 Å². The number of hydrogen-bond donors (Lipinski definition) is 0. The van der Waals surface area contributed by atoms with Gasteiger partial charge < -0.3 is 9.32 Å². The van der Waals surface area contributed by atoms with Crippen molar-refractivity contribution in [3.63, 3.8) is 0 Å². The van der Waals surface area contributed by atoms with Gasteiger partial charge in [0.1, 0.15) is 5.52 Å². The van der Waals surface area contributed by atoms with E-state index in [0.717, 1.165) is 29.9 Å². The number of nitro groups is 1. The van der Waals surface area contributed by atoms with E-state index in [1.807, 2.05) is 18.2 Å². The second-order valence-electron chi connectivity index (χ2n) is 5.15. The molecule has 23 heavy (non-hydrogen) atoms. The quantitative estimate of drug-likeness (QED) is 0.520. The smallest absolute Gasteiger partial charge is 0.269 e. The molecule has 0 saturated heterocycles. The first-order chi connectivity index (χ1) is 11.1. The number of anilines is 1. The predicted octanol–water partition coefficient (Wildman–Crippen LogP) is 4.25. The average molecular weight is 311 g/mol. The Morgan fingerprint density at radius 3 is 2.43 bits per heavy atom. The van der Waals surface area contributed by atoms with Crippen molar-refractivity contribution >= 4 is 22.5 Å². The predicted molar refractivity (Wildman–Crippen MR) is 89.7 cm³/mol. The normalized spacial score (nSPS) is 10.9. The Kier molecular flexibility index (Phi) is 3.97. The molecule has 0 atom stereocenters. The summed E-state index contributed by atoms with van der Waals surface area (Å²) in [5, 5.41) is 10.7. The Balaban J connectivity index is 1.97. The second-order valence-corrected chi connectivity index (χ2v) is 5.15. The van der Waals surface area contributed by atoms with Crippen LogP contribution in [0, 0.1) is 10.1 Å². The number of rotatable bonds is 5. The summed E-state index contributed by atoms with van der Waals surface area (Å²) in [6.07, 6.45) is 0. The van der Waals surface area contributed by atoms with Crippen molar-refractivity contribution in [2.45, 2.75) is 13.8 Å². The van der Waals surface area contributed by atoms with Gasteiger partial charge >= 0.3 is 0 Å². The molecule has 0 saturated carbocycles. The molecule has 0 aliphatic rings. The van der Waals surface area contributed by atoms with Crippen LogP contribution in [-0.4, -0.2) is 23.0 Å². The van der Waals surface area contributed by atoms with Crippen molar-refractivity contribution in [1.29, 1.82) is 0 Å². The number of nitrogens with zero attached hydrogens (tertiary/aromatic N) is 3. The highest BCUT2D eigenvalue weighted by Crippen LogP contribution is 2.28. The fourth-order valence-corrected chi connectivity index (χ4v) is 2.55. The lowest BCUT2D eigenvalue weighted by Crippen LogP contribution is -2.21. The first-order valence-electron chi connectivity index (χ1n) is 7.52. The standard InChI is InChI=1S/C17H17N3O3/c1-3-19(4-2)14-9-10-15-16(11-14)23-17(18-15)12-5-7-13(8-6-12)20(21)22/h5-11H,3-4H2,1-2H3. The highest BCUT2D eigenvalue weighted by Gasteiger charge is 2.12. The van der Waals surface area contributed by atoms with Crippen LogP contribution < -0.4 is 4.90 Å². The van der Waals surface area contributed by atoms with Crippen molar-refractivity contribution in [3.8, 4) is 11.5 Å². The molecule has 3 aromatic rings. The first kappa shape index (κ1) is 15.0. The van der Waals surface area contributed by atoms with E-state index in [1.54, 1.807) is 12.1 Å². The summed E-state index contributed by atoms with van der Waals surface area (Å²) in [5.41, 5.74) is 3.34. The molecule has 0 aliphatic carbocycles. The summed E-state index contributed by atoms with van der Waals surface area (Å²) < 4.78 is 5.83. The van der Waals surface area contributed by atoms with E-state index in [4.69, 9.17) is 4.42 Å². The Hall–Kier alpha value is -2.89. The third kappa shape index (κ3) is 2.88. The van der Waals surface area contributed by atoms with Gasteiger partial charge in [0.05, 0.1) is 4.92 Å².